The second-order valence-corrected chi connectivity index (χ2v) is 5.81. The molecule has 0 radical (unpaired) electrons. The fourth-order valence-electron chi connectivity index (χ4n) is 1.91. The van der Waals surface area contributed by atoms with Gasteiger partial charge in [-0.25, -0.2) is 4.39 Å². The number of thioether (sulfide) groups is 1. The van der Waals surface area contributed by atoms with Crippen molar-refractivity contribution >= 4 is 23.4 Å². The van der Waals surface area contributed by atoms with E-state index in [2.05, 4.69) is 5.32 Å². The molecule has 1 aromatic carbocycles. The molecule has 0 bridgehead atoms. The molecular formula is C13H16FNO2S. The second-order valence-electron chi connectivity index (χ2n) is 4.58. The molecule has 0 aromatic heterocycles. The van der Waals surface area contributed by atoms with Gasteiger partial charge in [-0.3, -0.25) is 4.79 Å². The Labute approximate surface area is 110 Å². The molecule has 98 valence electrons. The molecule has 0 aliphatic carbocycles. The van der Waals surface area contributed by atoms with Gasteiger partial charge in [-0.1, -0.05) is 6.07 Å². The number of hydrogen-bond acceptors (Lipinski definition) is 3. The zero-order valence-electron chi connectivity index (χ0n) is 10.2. The minimum absolute atomic E-state index is 0.131. The Morgan fingerprint density at radius 2 is 2.11 bits per heavy atom. The first-order chi connectivity index (χ1) is 8.51. The number of rotatable bonds is 2. The Morgan fingerprint density at radius 1 is 1.44 bits per heavy atom. The van der Waals surface area contributed by atoms with Crippen molar-refractivity contribution in [2.45, 2.75) is 25.4 Å². The number of anilines is 1. The summed E-state index contributed by atoms with van der Waals surface area (Å²) >= 11 is 1.71. The standard InChI is InChI=1S/C13H16FNO2S/c1-9-2-3-10(14)11(8-9)15-12(16)13(17)4-6-18-7-5-13/h2-3,8,17H,4-7H2,1H3,(H,15,16). The lowest BCUT2D eigenvalue weighted by Gasteiger charge is -2.30. The highest BCUT2D eigenvalue weighted by Crippen LogP contribution is 2.28. The summed E-state index contributed by atoms with van der Waals surface area (Å²) in [5.41, 5.74) is -0.369. The van der Waals surface area contributed by atoms with Crippen LogP contribution in [0.2, 0.25) is 0 Å². The van der Waals surface area contributed by atoms with Crippen molar-refractivity contribution in [1.29, 1.82) is 0 Å². The molecule has 3 nitrogen and oxygen atoms in total. The van der Waals surface area contributed by atoms with Gasteiger partial charge in [-0.15, -0.1) is 0 Å². The minimum atomic E-state index is -1.36. The molecule has 1 aromatic rings. The van der Waals surface area contributed by atoms with Crippen molar-refractivity contribution in [2.75, 3.05) is 16.8 Å². The zero-order chi connectivity index (χ0) is 13.2. The van der Waals surface area contributed by atoms with Crippen LogP contribution >= 0.6 is 11.8 Å². The first-order valence-corrected chi connectivity index (χ1v) is 7.04. The van der Waals surface area contributed by atoms with E-state index in [1.165, 1.54) is 6.07 Å². The largest absolute Gasteiger partial charge is 0.380 e. The Hall–Kier alpha value is -1.07. The molecule has 5 heteroatoms. The molecule has 1 heterocycles. The molecule has 0 saturated carbocycles. The average Bonchev–Trinajstić information content (AvgIpc) is 2.35. The van der Waals surface area contributed by atoms with E-state index in [1.54, 1.807) is 23.9 Å². The highest BCUT2D eigenvalue weighted by molar-refractivity contribution is 7.99. The predicted molar refractivity (Wildman–Crippen MR) is 71.3 cm³/mol. The lowest BCUT2D eigenvalue weighted by atomic mass is 9.95. The summed E-state index contributed by atoms with van der Waals surface area (Å²) in [6.45, 7) is 1.82. The van der Waals surface area contributed by atoms with Gasteiger partial charge >= 0.3 is 0 Å². The van der Waals surface area contributed by atoms with Gasteiger partial charge in [0.2, 0.25) is 0 Å². The van der Waals surface area contributed by atoms with E-state index >= 15 is 0 Å². The summed E-state index contributed by atoms with van der Waals surface area (Å²) in [7, 11) is 0. The third-order valence-corrected chi connectivity index (χ3v) is 4.10. The van der Waals surface area contributed by atoms with Crippen LogP contribution in [0.1, 0.15) is 18.4 Å². The van der Waals surface area contributed by atoms with E-state index in [0.717, 1.165) is 17.1 Å². The molecule has 18 heavy (non-hydrogen) atoms. The van der Waals surface area contributed by atoms with E-state index in [4.69, 9.17) is 0 Å². The molecule has 0 unspecified atom stereocenters. The molecule has 2 rings (SSSR count). The van der Waals surface area contributed by atoms with Gasteiger partial charge in [0.1, 0.15) is 11.4 Å². The molecule has 1 aliphatic rings. The van der Waals surface area contributed by atoms with Crippen LogP contribution in [0.4, 0.5) is 10.1 Å². The number of aryl methyl sites for hydroxylation is 1. The topological polar surface area (TPSA) is 49.3 Å². The van der Waals surface area contributed by atoms with Crippen molar-refractivity contribution in [3.63, 3.8) is 0 Å². The van der Waals surface area contributed by atoms with Crippen LogP contribution in [0, 0.1) is 12.7 Å². The lowest BCUT2D eigenvalue weighted by Crippen LogP contribution is -2.45. The van der Waals surface area contributed by atoms with Crippen molar-refractivity contribution in [3.05, 3.63) is 29.6 Å². The normalized spacial score (nSPS) is 18.4. The summed E-state index contributed by atoms with van der Waals surface area (Å²) in [4.78, 5) is 12.0. The fourth-order valence-corrected chi connectivity index (χ4v) is 3.08. The second kappa shape index (κ2) is 5.28. The van der Waals surface area contributed by atoms with Gasteiger partial charge in [-0.2, -0.15) is 11.8 Å². The number of halogens is 1. The average molecular weight is 269 g/mol. The van der Waals surface area contributed by atoms with Crippen LogP contribution in [0.3, 0.4) is 0 Å². The van der Waals surface area contributed by atoms with Crippen LogP contribution in [-0.4, -0.2) is 28.1 Å². The van der Waals surface area contributed by atoms with Gasteiger partial charge in [-0.05, 0) is 49.0 Å². The van der Waals surface area contributed by atoms with Crippen LogP contribution in [0.15, 0.2) is 18.2 Å². The van der Waals surface area contributed by atoms with Gasteiger partial charge < -0.3 is 10.4 Å². The Morgan fingerprint density at radius 3 is 2.78 bits per heavy atom. The van der Waals surface area contributed by atoms with Crippen LogP contribution in [-0.2, 0) is 4.79 Å². The van der Waals surface area contributed by atoms with Crippen LogP contribution in [0.25, 0.3) is 0 Å². The zero-order valence-corrected chi connectivity index (χ0v) is 11.0. The molecule has 0 spiro atoms. The van der Waals surface area contributed by atoms with Gasteiger partial charge in [0.05, 0.1) is 5.69 Å². The van der Waals surface area contributed by atoms with Gasteiger partial charge in [0.25, 0.3) is 5.91 Å². The van der Waals surface area contributed by atoms with Gasteiger partial charge in [0, 0.05) is 0 Å². The highest BCUT2D eigenvalue weighted by atomic mass is 32.2. The number of hydrogen-bond donors (Lipinski definition) is 2. The predicted octanol–water partition coefficient (Wildman–Crippen LogP) is 2.33. The van der Waals surface area contributed by atoms with E-state index < -0.39 is 17.3 Å². The molecule has 1 saturated heterocycles. The number of carbonyl (C=O) groups excluding carboxylic acids is 1. The Bertz CT molecular complexity index is 458. The SMILES string of the molecule is Cc1ccc(F)c(NC(=O)C2(O)CCSCC2)c1. The molecule has 1 fully saturated rings. The molecule has 1 aliphatic heterocycles. The summed E-state index contributed by atoms with van der Waals surface area (Å²) in [5.74, 6) is 0.510. The maximum atomic E-state index is 13.5. The highest BCUT2D eigenvalue weighted by Gasteiger charge is 2.37. The number of aliphatic hydroxyl groups is 1. The number of benzene rings is 1. The van der Waals surface area contributed by atoms with E-state index in [1.807, 2.05) is 6.92 Å². The smallest absolute Gasteiger partial charge is 0.256 e. The monoisotopic (exact) mass is 269 g/mol. The maximum Gasteiger partial charge on any atom is 0.256 e. The molecule has 1 amide bonds. The number of nitrogens with one attached hydrogen (secondary N) is 1. The third kappa shape index (κ3) is 2.84. The molecule has 2 N–H and O–H groups in total. The molecular weight excluding hydrogens is 253 g/mol. The fraction of sp³-hybridized carbons (Fsp3) is 0.462. The van der Waals surface area contributed by atoms with Gasteiger partial charge in [0.15, 0.2) is 0 Å². The maximum absolute atomic E-state index is 13.5. The summed E-state index contributed by atoms with van der Waals surface area (Å²) in [5, 5.41) is 12.7. The van der Waals surface area contributed by atoms with Crippen LogP contribution in [0.5, 0.6) is 0 Å². The van der Waals surface area contributed by atoms with Crippen LogP contribution < -0.4 is 5.32 Å². The van der Waals surface area contributed by atoms with E-state index in [9.17, 15) is 14.3 Å². The summed E-state index contributed by atoms with van der Waals surface area (Å²) in [6, 6.07) is 4.51. The molecule has 0 atom stereocenters. The number of carbonyl (C=O) groups is 1. The van der Waals surface area contributed by atoms with Crippen molar-refractivity contribution in [1.82, 2.24) is 0 Å². The quantitative estimate of drug-likeness (QED) is 0.866. The summed E-state index contributed by atoms with van der Waals surface area (Å²) < 4.78 is 13.5. The first-order valence-electron chi connectivity index (χ1n) is 5.89. The summed E-state index contributed by atoms with van der Waals surface area (Å²) in [6.07, 6.45) is 0.827. The van der Waals surface area contributed by atoms with Crippen molar-refractivity contribution < 1.29 is 14.3 Å². The van der Waals surface area contributed by atoms with Crippen molar-refractivity contribution in [3.8, 4) is 0 Å². The number of amides is 1. The first kappa shape index (κ1) is 13.4. The van der Waals surface area contributed by atoms with E-state index in [0.29, 0.717) is 12.8 Å². The van der Waals surface area contributed by atoms with Crippen molar-refractivity contribution in [2.24, 2.45) is 0 Å². The minimum Gasteiger partial charge on any atom is -0.380 e. The Kier molecular flexibility index (Phi) is 3.92. The van der Waals surface area contributed by atoms with E-state index in [-0.39, 0.29) is 5.69 Å². The Balaban J connectivity index is 2.13. The third-order valence-electron chi connectivity index (χ3n) is 3.11. The lowest BCUT2D eigenvalue weighted by molar-refractivity contribution is -0.134.